The second-order valence-corrected chi connectivity index (χ2v) is 6.72. The highest BCUT2D eigenvalue weighted by molar-refractivity contribution is 7.99. The van der Waals surface area contributed by atoms with Gasteiger partial charge in [-0.1, -0.05) is 42.1 Å². The molecule has 0 aliphatic carbocycles. The summed E-state index contributed by atoms with van der Waals surface area (Å²) in [4.78, 5) is 4.67. The Morgan fingerprint density at radius 3 is 2.73 bits per heavy atom. The van der Waals surface area contributed by atoms with E-state index in [1.54, 1.807) is 18.2 Å². The molecule has 0 bridgehead atoms. The SMILES string of the molecule is CCn1c2ccccc2c2nnc(SCCOc3ccccc3F)nc21. The molecule has 4 rings (SSSR count). The van der Waals surface area contributed by atoms with Crippen molar-refractivity contribution >= 4 is 33.8 Å². The van der Waals surface area contributed by atoms with E-state index in [2.05, 4.69) is 32.7 Å². The molecule has 0 radical (unpaired) electrons. The molecule has 0 aliphatic heterocycles. The van der Waals surface area contributed by atoms with Gasteiger partial charge in [-0.3, -0.25) is 0 Å². The average molecular weight is 368 g/mol. The van der Waals surface area contributed by atoms with Gasteiger partial charge in [0, 0.05) is 17.7 Å². The zero-order valence-electron chi connectivity index (χ0n) is 14.2. The third-order valence-corrected chi connectivity index (χ3v) is 4.88. The largest absolute Gasteiger partial charge is 0.490 e. The molecule has 0 saturated carbocycles. The summed E-state index contributed by atoms with van der Waals surface area (Å²) in [5.41, 5.74) is 2.76. The monoisotopic (exact) mass is 368 g/mol. The van der Waals surface area contributed by atoms with Gasteiger partial charge < -0.3 is 9.30 Å². The Balaban J connectivity index is 1.51. The van der Waals surface area contributed by atoms with Crippen molar-refractivity contribution in [2.75, 3.05) is 12.4 Å². The maximum Gasteiger partial charge on any atom is 0.211 e. The lowest BCUT2D eigenvalue weighted by atomic mass is 10.2. The van der Waals surface area contributed by atoms with Crippen LogP contribution in [0.3, 0.4) is 0 Å². The first-order valence-corrected chi connectivity index (χ1v) is 9.38. The molecule has 132 valence electrons. The Hall–Kier alpha value is -2.67. The molecule has 0 amide bonds. The van der Waals surface area contributed by atoms with Gasteiger partial charge in [-0.15, -0.1) is 10.2 Å². The number of rotatable bonds is 6. The number of aromatic nitrogens is 4. The van der Waals surface area contributed by atoms with E-state index >= 15 is 0 Å². The predicted molar refractivity (Wildman–Crippen MR) is 101 cm³/mol. The topological polar surface area (TPSA) is 52.8 Å². The summed E-state index contributed by atoms with van der Waals surface area (Å²) in [6, 6.07) is 14.5. The van der Waals surface area contributed by atoms with E-state index in [4.69, 9.17) is 4.74 Å². The molecule has 2 aromatic carbocycles. The van der Waals surface area contributed by atoms with Crippen LogP contribution in [0.5, 0.6) is 5.75 Å². The summed E-state index contributed by atoms with van der Waals surface area (Å²) in [7, 11) is 0. The Morgan fingerprint density at radius 2 is 1.88 bits per heavy atom. The number of nitrogens with zero attached hydrogens (tertiary/aromatic N) is 4. The van der Waals surface area contributed by atoms with Gasteiger partial charge in [0.25, 0.3) is 0 Å². The van der Waals surface area contributed by atoms with E-state index in [9.17, 15) is 4.39 Å². The standard InChI is InChI=1S/C19H17FN4OS/c1-2-24-15-9-5-3-7-13(15)17-18(24)21-19(23-22-17)26-12-11-25-16-10-6-4-8-14(16)20/h3-10H,2,11-12H2,1H3. The van der Waals surface area contributed by atoms with Crippen molar-refractivity contribution in [2.24, 2.45) is 0 Å². The first kappa shape index (κ1) is 16.8. The lowest BCUT2D eigenvalue weighted by Crippen LogP contribution is -2.03. The second-order valence-electron chi connectivity index (χ2n) is 5.66. The molecule has 0 fully saturated rings. The van der Waals surface area contributed by atoms with Gasteiger partial charge in [0.15, 0.2) is 17.2 Å². The average Bonchev–Trinajstić information content (AvgIpc) is 2.99. The van der Waals surface area contributed by atoms with E-state index in [1.165, 1.54) is 17.8 Å². The number of hydrogen-bond donors (Lipinski definition) is 0. The summed E-state index contributed by atoms with van der Waals surface area (Å²) in [5, 5.41) is 10.2. The van der Waals surface area contributed by atoms with Crippen LogP contribution in [0.15, 0.2) is 53.7 Å². The van der Waals surface area contributed by atoms with Gasteiger partial charge in [0.05, 0.1) is 12.1 Å². The summed E-state index contributed by atoms with van der Waals surface area (Å²) in [6.45, 7) is 3.26. The van der Waals surface area contributed by atoms with Crippen LogP contribution in [0, 0.1) is 5.82 Å². The fraction of sp³-hybridized carbons (Fsp3) is 0.211. The van der Waals surface area contributed by atoms with Gasteiger partial charge in [0.2, 0.25) is 5.16 Å². The molecular weight excluding hydrogens is 351 g/mol. The number of para-hydroxylation sites is 2. The van der Waals surface area contributed by atoms with Crippen LogP contribution >= 0.6 is 11.8 Å². The molecule has 2 heterocycles. The minimum Gasteiger partial charge on any atom is -0.490 e. The number of hydrogen-bond acceptors (Lipinski definition) is 5. The van der Waals surface area contributed by atoms with E-state index in [1.807, 2.05) is 18.2 Å². The zero-order chi connectivity index (χ0) is 17.9. The molecule has 0 N–H and O–H groups in total. The molecule has 2 aromatic heterocycles. The van der Waals surface area contributed by atoms with Crippen LogP contribution < -0.4 is 4.74 Å². The molecule has 0 aliphatic rings. The highest BCUT2D eigenvalue weighted by Gasteiger charge is 2.13. The van der Waals surface area contributed by atoms with Gasteiger partial charge in [-0.2, -0.15) is 0 Å². The minimum absolute atomic E-state index is 0.258. The van der Waals surface area contributed by atoms with Crippen molar-refractivity contribution in [2.45, 2.75) is 18.6 Å². The number of benzene rings is 2. The Kier molecular flexibility index (Phi) is 4.71. The fourth-order valence-electron chi connectivity index (χ4n) is 2.92. The number of ether oxygens (including phenoxy) is 1. The van der Waals surface area contributed by atoms with Crippen LogP contribution in [0.4, 0.5) is 4.39 Å². The molecule has 4 aromatic rings. The van der Waals surface area contributed by atoms with Crippen LogP contribution in [0.25, 0.3) is 22.1 Å². The first-order valence-electron chi connectivity index (χ1n) is 8.39. The fourth-order valence-corrected chi connectivity index (χ4v) is 3.52. The quantitative estimate of drug-likeness (QED) is 0.375. The molecule has 5 nitrogen and oxygen atoms in total. The number of thioether (sulfide) groups is 1. The summed E-state index contributed by atoms with van der Waals surface area (Å²) in [5.74, 6) is 0.506. The maximum absolute atomic E-state index is 13.5. The van der Waals surface area contributed by atoms with Crippen LogP contribution in [-0.4, -0.2) is 32.1 Å². The van der Waals surface area contributed by atoms with E-state index in [0.717, 1.165) is 28.6 Å². The van der Waals surface area contributed by atoms with Crippen molar-refractivity contribution < 1.29 is 9.13 Å². The molecule has 0 saturated heterocycles. The van der Waals surface area contributed by atoms with Crippen molar-refractivity contribution in [3.8, 4) is 5.75 Å². The first-order chi connectivity index (χ1) is 12.8. The molecular formula is C19H17FN4OS. The Labute approximate surface area is 154 Å². The van der Waals surface area contributed by atoms with Gasteiger partial charge in [0.1, 0.15) is 5.52 Å². The van der Waals surface area contributed by atoms with E-state index in [0.29, 0.717) is 17.5 Å². The molecule has 26 heavy (non-hydrogen) atoms. The normalized spacial score (nSPS) is 11.3. The summed E-state index contributed by atoms with van der Waals surface area (Å²) < 4.78 is 21.1. The van der Waals surface area contributed by atoms with Crippen LogP contribution in [0.2, 0.25) is 0 Å². The van der Waals surface area contributed by atoms with Gasteiger partial charge >= 0.3 is 0 Å². The highest BCUT2D eigenvalue weighted by atomic mass is 32.2. The molecule has 7 heteroatoms. The highest BCUT2D eigenvalue weighted by Crippen LogP contribution is 2.27. The lowest BCUT2D eigenvalue weighted by molar-refractivity contribution is 0.325. The Morgan fingerprint density at radius 1 is 1.08 bits per heavy atom. The number of halogens is 1. The van der Waals surface area contributed by atoms with Crippen molar-refractivity contribution in [3.63, 3.8) is 0 Å². The van der Waals surface area contributed by atoms with Crippen LogP contribution in [-0.2, 0) is 6.54 Å². The van der Waals surface area contributed by atoms with Crippen LogP contribution in [0.1, 0.15) is 6.92 Å². The van der Waals surface area contributed by atoms with Gasteiger partial charge in [-0.05, 0) is 25.1 Å². The van der Waals surface area contributed by atoms with Gasteiger partial charge in [-0.25, -0.2) is 9.37 Å². The van der Waals surface area contributed by atoms with E-state index in [-0.39, 0.29) is 11.6 Å². The third-order valence-electron chi connectivity index (χ3n) is 4.08. The summed E-state index contributed by atoms with van der Waals surface area (Å²) >= 11 is 1.44. The second kappa shape index (κ2) is 7.29. The molecule has 0 unspecified atom stereocenters. The number of fused-ring (bicyclic) bond motifs is 3. The zero-order valence-corrected chi connectivity index (χ0v) is 15.0. The predicted octanol–water partition coefficient (Wildman–Crippen LogP) is 4.31. The van der Waals surface area contributed by atoms with E-state index < -0.39 is 0 Å². The summed E-state index contributed by atoms with van der Waals surface area (Å²) in [6.07, 6.45) is 0. The minimum atomic E-state index is -0.357. The maximum atomic E-state index is 13.5. The van der Waals surface area contributed by atoms with Crippen molar-refractivity contribution in [1.29, 1.82) is 0 Å². The lowest BCUT2D eigenvalue weighted by Gasteiger charge is -2.06. The number of aryl methyl sites for hydroxylation is 1. The molecule has 0 spiro atoms. The van der Waals surface area contributed by atoms with Crippen molar-refractivity contribution in [3.05, 3.63) is 54.3 Å². The Bertz CT molecular complexity index is 1070. The third kappa shape index (κ3) is 3.10. The smallest absolute Gasteiger partial charge is 0.211 e. The molecule has 0 atom stereocenters. The van der Waals surface area contributed by atoms with Crippen molar-refractivity contribution in [1.82, 2.24) is 19.7 Å².